The predicted molar refractivity (Wildman–Crippen MR) is 104 cm³/mol. The molecule has 0 saturated heterocycles. The second kappa shape index (κ2) is 11.3. The third-order valence-electron chi connectivity index (χ3n) is 3.79. The van der Waals surface area contributed by atoms with Crippen LogP contribution in [-0.2, 0) is 11.3 Å². The number of anilines is 1. The molecule has 0 saturated carbocycles. The highest BCUT2D eigenvalue weighted by molar-refractivity contribution is 5.81. The van der Waals surface area contributed by atoms with E-state index in [0.717, 1.165) is 31.0 Å². The maximum absolute atomic E-state index is 12.1. The van der Waals surface area contributed by atoms with Crippen LogP contribution in [0.2, 0.25) is 0 Å². The van der Waals surface area contributed by atoms with Crippen LogP contribution >= 0.6 is 0 Å². The lowest BCUT2D eigenvalue weighted by molar-refractivity contribution is -0.130. The molecule has 0 atom stereocenters. The molecule has 0 aromatic carbocycles. The highest BCUT2D eigenvalue weighted by Crippen LogP contribution is 2.15. The van der Waals surface area contributed by atoms with Gasteiger partial charge in [0.05, 0.1) is 6.54 Å². The Morgan fingerprint density at radius 1 is 1.20 bits per heavy atom. The minimum absolute atomic E-state index is 0.163. The van der Waals surface area contributed by atoms with Crippen LogP contribution in [0, 0.1) is 0 Å². The molecule has 0 aliphatic heterocycles. The van der Waals surface area contributed by atoms with Gasteiger partial charge in [-0.25, -0.2) is 9.98 Å². The van der Waals surface area contributed by atoms with E-state index in [4.69, 9.17) is 0 Å². The Labute approximate surface area is 151 Å². The molecule has 1 rings (SSSR count). The van der Waals surface area contributed by atoms with Crippen LogP contribution in [0.25, 0.3) is 0 Å². The zero-order valence-corrected chi connectivity index (χ0v) is 16.2. The minimum atomic E-state index is 0.163. The monoisotopic (exact) mass is 348 g/mol. The molecule has 7 nitrogen and oxygen atoms in total. The molecule has 7 heteroatoms. The van der Waals surface area contributed by atoms with Crippen LogP contribution in [-0.4, -0.2) is 62.0 Å². The van der Waals surface area contributed by atoms with Gasteiger partial charge in [0, 0.05) is 58.5 Å². The molecule has 1 aromatic heterocycles. The Bertz CT molecular complexity index is 554. The van der Waals surface area contributed by atoms with E-state index in [9.17, 15) is 4.79 Å². The number of aliphatic imine (C=N–C) groups is 1. The summed E-state index contributed by atoms with van der Waals surface area (Å²) >= 11 is 0. The van der Waals surface area contributed by atoms with Crippen molar-refractivity contribution in [1.82, 2.24) is 20.5 Å². The molecule has 0 aliphatic rings. The quantitative estimate of drug-likeness (QED) is 0.522. The van der Waals surface area contributed by atoms with E-state index in [1.165, 1.54) is 0 Å². The maximum Gasteiger partial charge on any atom is 0.224 e. The summed E-state index contributed by atoms with van der Waals surface area (Å²) in [5, 5.41) is 6.44. The molecule has 140 valence electrons. The van der Waals surface area contributed by atoms with Crippen LogP contribution in [0.5, 0.6) is 0 Å². The molecule has 1 amide bonds. The van der Waals surface area contributed by atoms with Gasteiger partial charge in [-0.15, -0.1) is 0 Å². The number of amides is 1. The Kier molecular flexibility index (Phi) is 9.36. The molecule has 1 aromatic rings. The lowest BCUT2D eigenvalue weighted by atomic mass is 10.2. The summed E-state index contributed by atoms with van der Waals surface area (Å²) in [4.78, 5) is 24.9. The molecule has 2 N–H and O–H groups in total. The molecular weight excluding hydrogens is 316 g/mol. The molecule has 0 bridgehead atoms. The Morgan fingerprint density at radius 2 is 1.92 bits per heavy atom. The van der Waals surface area contributed by atoms with E-state index in [-0.39, 0.29) is 5.91 Å². The van der Waals surface area contributed by atoms with Gasteiger partial charge in [0.2, 0.25) is 5.91 Å². The molecule has 25 heavy (non-hydrogen) atoms. The fourth-order valence-electron chi connectivity index (χ4n) is 2.48. The fraction of sp³-hybridized carbons (Fsp3) is 0.611. The minimum Gasteiger partial charge on any atom is -0.362 e. The largest absolute Gasteiger partial charge is 0.362 e. The number of guanidine groups is 1. The first-order valence-corrected chi connectivity index (χ1v) is 8.94. The van der Waals surface area contributed by atoms with E-state index < -0.39 is 0 Å². The number of pyridine rings is 1. The maximum atomic E-state index is 12.1. The predicted octanol–water partition coefficient (Wildman–Crippen LogP) is 1.46. The number of carbonyl (C=O) groups is 1. The number of aromatic nitrogens is 1. The number of nitrogens with zero attached hydrogens (tertiary/aromatic N) is 4. The lowest BCUT2D eigenvalue weighted by Crippen LogP contribution is -2.40. The van der Waals surface area contributed by atoms with Crippen molar-refractivity contribution in [2.45, 2.75) is 33.7 Å². The Balaban J connectivity index is 2.64. The average molecular weight is 348 g/mol. The second-order valence-electron chi connectivity index (χ2n) is 5.82. The third kappa shape index (κ3) is 6.99. The number of carbonyl (C=O) groups excluding carboxylic acids is 1. The zero-order valence-electron chi connectivity index (χ0n) is 16.2. The highest BCUT2D eigenvalue weighted by atomic mass is 16.2. The number of nitrogens with one attached hydrogen (secondary N) is 2. The van der Waals surface area contributed by atoms with E-state index in [0.29, 0.717) is 25.5 Å². The van der Waals surface area contributed by atoms with Crippen molar-refractivity contribution in [3.8, 4) is 0 Å². The normalized spacial score (nSPS) is 11.2. The zero-order chi connectivity index (χ0) is 18.7. The summed E-state index contributed by atoms with van der Waals surface area (Å²) in [6.07, 6.45) is 2.24. The Hall–Kier alpha value is -2.31. The fourth-order valence-corrected chi connectivity index (χ4v) is 2.48. The van der Waals surface area contributed by atoms with Gasteiger partial charge in [-0.05, 0) is 26.8 Å². The summed E-state index contributed by atoms with van der Waals surface area (Å²) in [5.41, 5.74) is 1.06. The van der Waals surface area contributed by atoms with Gasteiger partial charge in [-0.3, -0.25) is 4.79 Å². The van der Waals surface area contributed by atoms with E-state index >= 15 is 0 Å². The van der Waals surface area contributed by atoms with Crippen LogP contribution < -0.4 is 15.5 Å². The van der Waals surface area contributed by atoms with Gasteiger partial charge in [-0.2, -0.15) is 0 Å². The summed E-state index contributed by atoms with van der Waals surface area (Å²) in [7, 11) is 3.94. The lowest BCUT2D eigenvalue weighted by Gasteiger charge is -2.19. The van der Waals surface area contributed by atoms with Gasteiger partial charge in [0.1, 0.15) is 5.82 Å². The molecule has 0 radical (unpaired) electrons. The smallest absolute Gasteiger partial charge is 0.224 e. The standard InChI is InChI=1S/C18H32N6O/c1-6-19-18(21-13-11-16(25)24(7-2)8-3)22-14-15-10-9-12-20-17(15)23(4)5/h9-10,12H,6-8,11,13-14H2,1-5H3,(H2,19,21,22). The molecule has 0 spiro atoms. The first-order chi connectivity index (χ1) is 12.0. The van der Waals surface area contributed by atoms with Crippen LogP contribution in [0.1, 0.15) is 32.8 Å². The van der Waals surface area contributed by atoms with Crippen molar-refractivity contribution in [3.63, 3.8) is 0 Å². The first kappa shape index (κ1) is 20.7. The molecule has 0 aliphatic carbocycles. The van der Waals surface area contributed by atoms with Crippen molar-refractivity contribution >= 4 is 17.7 Å². The second-order valence-corrected chi connectivity index (χ2v) is 5.82. The SMILES string of the molecule is CCNC(=NCc1cccnc1N(C)C)NCCC(=O)N(CC)CC. The van der Waals surface area contributed by atoms with Crippen molar-refractivity contribution in [1.29, 1.82) is 0 Å². The van der Waals surface area contributed by atoms with E-state index in [1.54, 1.807) is 6.20 Å². The van der Waals surface area contributed by atoms with E-state index in [1.807, 2.05) is 56.8 Å². The molecule has 1 heterocycles. The van der Waals surface area contributed by atoms with Gasteiger partial charge in [-0.1, -0.05) is 6.07 Å². The molecular formula is C18H32N6O. The average Bonchev–Trinajstić information content (AvgIpc) is 2.60. The number of rotatable bonds is 9. The van der Waals surface area contributed by atoms with Gasteiger partial charge >= 0.3 is 0 Å². The van der Waals surface area contributed by atoms with Crippen molar-refractivity contribution in [2.75, 3.05) is 45.2 Å². The highest BCUT2D eigenvalue weighted by Gasteiger charge is 2.09. The molecule has 0 fully saturated rings. The summed E-state index contributed by atoms with van der Waals surface area (Å²) in [5.74, 6) is 1.79. The topological polar surface area (TPSA) is 72.9 Å². The van der Waals surface area contributed by atoms with Gasteiger partial charge in [0.15, 0.2) is 5.96 Å². The van der Waals surface area contributed by atoms with Crippen LogP contribution in [0.15, 0.2) is 23.3 Å². The molecule has 0 unspecified atom stereocenters. The number of hydrogen-bond donors (Lipinski definition) is 2. The third-order valence-corrected chi connectivity index (χ3v) is 3.79. The summed E-state index contributed by atoms with van der Waals surface area (Å²) in [6, 6.07) is 3.94. The number of hydrogen-bond acceptors (Lipinski definition) is 4. The van der Waals surface area contributed by atoms with Gasteiger partial charge in [0.25, 0.3) is 0 Å². The van der Waals surface area contributed by atoms with Gasteiger partial charge < -0.3 is 20.4 Å². The Morgan fingerprint density at radius 3 is 2.52 bits per heavy atom. The first-order valence-electron chi connectivity index (χ1n) is 8.94. The van der Waals surface area contributed by atoms with E-state index in [2.05, 4.69) is 20.6 Å². The van der Waals surface area contributed by atoms with Crippen LogP contribution in [0.3, 0.4) is 0 Å². The van der Waals surface area contributed by atoms with Crippen molar-refractivity contribution in [2.24, 2.45) is 4.99 Å². The van der Waals surface area contributed by atoms with Crippen molar-refractivity contribution < 1.29 is 4.79 Å². The summed E-state index contributed by atoms with van der Waals surface area (Å²) < 4.78 is 0. The summed E-state index contributed by atoms with van der Waals surface area (Å²) in [6.45, 7) is 9.37. The van der Waals surface area contributed by atoms with Crippen molar-refractivity contribution in [3.05, 3.63) is 23.9 Å². The van der Waals surface area contributed by atoms with Crippen LogP contribution in [0.4, 0.5) is 5.82 Å².